The van der Waals surface area contributed by atoms with Crippen LogP contribution >= 0.6 is 0 Å². The monoisotopic (exact) mass is 291 g/mol. The summed E-state index contributed by atoms with van der Waals surface area (Å²) in [6, 6.07) is 3.09. The van der Waals surface area contributed by atoms with Crippen LogP contribution in [0, 0.1) is 11.7 Å². The van der Waals surface area contributed by atoms with Crippen molar-refractivity contribution in [1.82, 2.24) is 0 Å². The smallest absolute Gasteiger partial charge is 0.393 e. The Labute approximate surface area is 115 Å². The maximum absolute atomic E-state index is 13.1. The van der Waals surface area contributed by atoms with E-state index in [4.69, 9.17) is 4.74 Å². The van der Waals surface area contributed by atoms with E-state index in [-0.39, 0.29) is 12.2 Å². The molecule has 0 heterocycles. The van der Waals surface area contributed by atoms with E-state index in [9.17, 15) is 17.6 Å². The minimum absolute atomic E-state index is 0.130. The Morgan fingerprint density at radius 2 is 1.90 bits per heavy atom. The van der Waals surface area contributed by atoms with Gasteiger partial charge in [0.1, 0.15) is 11.6 Å². The molecule has 1 saturated carbocycles. The minimum atomic E-state index is -4.22. The van der Waals surface area contributed by atoms with Crippen molar-refractivity contribution in [2.75, 3.05) is 12.4 Å². The highest BCUT2D eigenvalue weighted by atomic mass is 19.4. The molecule has 1 aromatic rings. The molecule has 112 valence electrons. The summed E-state index contributed by atoms with van der Waals surface area (Å²) in [7, 11) is 1.36. The molecule has 2 unspecified atom stereocenters. The van der Waals surface area contributed by atoms with Crippen LogP contribution in [0.4, 0.5) is 23.2 Å². The molecule has 2 rings (SSSR count). The molecular formula is C14H17F4NO. The third-order valence-electron chi connectivity index (χ3n) is 3.69. The van der Waals surface area contributed by atoms with E-state index in [1.165, 1.54) is 19.2 Å². The molecular weight excluding hydrogens is 274 g/mol. The zero-order valence-corrected chi connectivity index (χ0v) is 11.1. The number of alkyl halides is 3. The second-order valence-electron chi connectivity index (χ2n) is 5.03. The van der Waals surface area contributed by atoms with E-state index < -0.39 is 24.0 Å². The quantitative estimate of drug-likeness (QED) is 0.835. The van der Waals surface area contributed by atoms with Crippen LogP contribution < -0.4 is 10.1 Å². The normalized spacial score (nSPS) is 23.4. The molecule has 1 aliphatic rings. The van der Waals surface area contributed by atoms with Crippen LogP contribution in [0.1, 0.15) is 25.7 Å². The largest absolute Gasteiger partial charge is 0.494 e. The molecule has 0 radical (unpaired) electrons. The number of hydrogen-bond acceptors (Lipinski definition) is 2. The predicted octanol–water partition coefficient (Wildman–Crippen LogP) is 4.37. The lowest BCUT2D eigenvalue weighted by atomic mass is 9.84. The fraction of sp³-hybridized carbons (Fsp3) is 0.571. The van der Waals surface area contributed by atoms with Crippen LogP contribution in [-0.4, -0.2) is 19.3 Å². The topological polar surface area (TPSA) is 21.3 Å². The fourth-order valence-electron chi connectivity index (χ4n) is 2.68. The Hall–Kier alpha value is -1.46. The number of nitrogens with one attached hydrogen (secondary N) is 1. The van der Waals surface area contributed by atoms with Crippen LogP contribution in [0.3, 0.4) is 0 Å². The van der Waals surface area contributed by atoms with Gasteiger partial charge in [-0.3, -0.25) is 0 Å². The Bertz CT molecular complexity index is 461. The summed E-state index contributed by atoms with van der Waals surface area (Å²) in [6.07, 6.45) is -2.29. The van der Waals surface area contributed by atoms with Gasteiger partial charge in [0, 0.05) is 12.1 Å². The zero-order valence-electron chi connectivity index (χ0n) is 11.1. The van der Waals surface area contributed by atoms with Gasteiger partial charge >= 0.3 is 6.18 Å². The molecule has 6 heteroatoms. The maximum Gasteiger partial charge on any atom is 0.393 e. The summed E-state index contributed by atoms with van der Waals surface area (Å²) in [6.45, 7) is 0. The highest BCUT2D eigenvalue weighted by Gasteiger charge is 2.45. The molecule has 0 spiro atoms. The summed E-state index contributed by atoms with van der Waals surface area (Å²) in [5.74, 6) is -1.63. The molecule has 1 N–H and O–H groups in total. The summed E-state index contributed by atoms with van der Waals surface area (Å²) in [4.78, 5) is 0. The molecule has 0 aliphatic heterocycles. The third kappa shape index (κ3) is 3.35. The predicted molar refractivity (Wildman–Crippen MR) is 68.4 cm³/mol. The number of benzene rings is 1. The van der Waals surface area contributed by atoms with Gasteiger partial charge in [0.15, 0.2) is 0 Å². The highest BCUT2D eigenvalue weighted by Crippen LogP contribution is 2.40. The maximum atomic E-state index is 13.1. The van der Waals surface area contributed by atoms with Crippen molar-refractivity contribution < 1.29 is 22.3 Å². The second-order valence-corrected chi connectivity index (χ2v) is 5.03. The lowest BCUT2D eigenvalue weighted by Gasteiger charge is -2.34. The molecule has 1 aliphatic carbocycles. The Balaban J connectivity index is 2.19. The summed E-state index contributed by atoms with van der Waals surface area (Å²) in [5, 5.41) is 2.87. The van der Waals surface area contributed by atoms with E-state index in [0.29, 0.717) is 18.5 Å². The minimum Gasteiger partial charge on any atom is -0.494 e. The second kappa shape index (κ2) is 5.89. The van der Waals surface area contributed by atoms with Crippen molar-refractivity contribution in [3.63, 3.8) is 0 Å². The van der Waals surface area contributed by atoms with Gasteiger partial charge in [0.05, 0.1) is 18.7 Å². The molecule has 1 aromatic carbocycles. The number of halogens is 4. The van der Waals surface area contributed by atoms with Crippen LogP contribution in [0.25, 0.3) is 0 Å². The van der Waals surface area contributed by atoms with Crippen molar-refractivity contribution in [2.24, 2.45) is 5.92 Å². The number of anilines is 1. The van der Waals surface area contributed by atoms with Gasteiger partial charge in [-0.2, -0.15) is 13.2 Å². The Kier molecular flexibility index (Phi) is 4.40. The lowest BCUT2D eigenvalue weighted by molar-refractivity contribution is -0.184. The van der Waals surface area contributed by atoms with Gasteiger partial charge in [0.2, 0.25) is 0 Å². The number of ether oxygens (including phenoxy) is 1. The van der Waals surface area contributed by atoms with Crippen LogP contribution in [0.5, 0.6) is 5.75 Å². The van der Waals surface area contributed by atoms with Gasteiger partial charge in [-0.25, -0.2) is 4.39 Å². The molecule has 1 fully saturated rings. The summed E-state index contributed by atoms with van der Waals surface area (Å²) >= 11 is 0. The van der Waals surface area contributed by atoms with Crippen molar-refractivity contribution in [3.05, 3.63) is 24.0 Å². The first-order valence-electron chi connectivity index (χ1n) is 6.58. The first kappa shape index (κ1) is 14.9. The highest BCUT2D eigenvalue weighted by molar-refractivity contribution is 5.57. The number of methoxy groups -OCH3 is 1. The Morgan fingerprint density at radius 1 is 1.20 bits per heavy atom. The molecule has 0 aromatic heterocycles. The van der Waals surface area contributed by atoms with Crippen molar-refractivity contribution in [3.8, 4) is 5.75 Å². The molecule has 20 heavy (non-hydrogen) atoms. The third-order valence-corrected chi connectivity index (χ3v) is 3.69. The van der Waals surface area contributed by atoms with E-state index >= 15 is 0 Å². The molecule has 0 amide bonds. The average Bonchev–Trinajstić information content (AvgIpc) is 2.40. The first-order valence-corrected chi connectivity index (χ1v) is 6.58. The first-order chi connectivity index (χ1) is 9.41. The Morgan fingerprint density at radius 3 is 2.55 bits per heavy atom. The average molecular weight is 291 g/mol. The van der Waals surface area contributed by atoms with Crippen molar-refractivity contribution in [2.45, 2.75) is 37.9 Å². The van der Waals surface area contributed by atoms with Gasteiger partial charge < -0.3 is 10.1 Å². The van der Waals surface area contributed by atoms with Gasteiger partial charge in [-0.1, -0.05) is 12.8 Å². The molecule has 2 nitrogen and oxygen atoms in total. The van der Waals surface area contributed by atoms with E-state index in [1.54, 1.807) is 0 Å². The lowest BCUT2D eigenvalue weighted by Crippen LogP contribution is -2.41. The SMILES string of the molecule is COc1cc(F)ccc1NC1CCCCC1C(F)(F)F. The number of rotatable bonds is 3. The summed E-state index contributed by atoms with van der Waals surface area (Å²) in [5.41, 5.74) is 0.398. The zero-order chi connectivity index (χ0) is 14.8. The van der Waals surface area contributed by atoms with E-state index in [0.717, 1.165) is 12.5 Å². The van der Waals surface area contributed by atoms with Crippen LogP contribution in [0.2, 0.25) is 0 Å². The van der Waals surface area contributed by atoms with Crippen molar-refractivity contribution >= 4 is 5.69 Å². The number of hydrogen-bond donors (Lipinski definition) is 1. The molecule has 2 atom stereocenters. The molecule has 0 bridgehead atoms. The fourth-order valence-corrected chi connectivity index (χ4v) is 2.68. The van der Waals surface area contributed by atoms with Crippen molar-refractivity contribution in [1.29, 1.82) is 0 Å². The van der Waals surface area contributed by atoms with Gasteiger partial charge in [0.25, 0.3) is 0 Å². The van der Waals surface area contributed by atoms with Gasteiger partial charge in [-0.15, -0.1) is 0 Å². The summed E-state index contributed by atoms with van der Waals surface area (Å²) < 4.78 is 57.1. The van der Waals surface area contributed by atoms with E-state index in [2.05, 4.69) is 5.32 Å². The van der Waals surface area contributed by atoms with E-state index in [1.807, 2.05) is 0 Å². The van der Waals surface area contributed by atoms with Crippen LogP contribution in [-0.2, 0) is 0 Å². The molecule has 0 saturated heterocycles. The van der Waals surface area contributed by atoms with Crippen LogP contribution in [0.15, 0.2) is 18.2 Å². The standard InChI is InChI=1S/C14H17F4NO/c1-20-13-8-9(15)6-7-12(13)19-11-5-3-2-4-10(11)14(16,17)18/h6-8,10-11,19H,2-5H2,1H3. The van der Waals surface area contributed by atoms with Gasteiger partial charge in [-0.05, 0) is 25.0 Å².